The lowest BCUT2D eigenvalue weighted by Gasteiger charge is -2.10. The molecule has 0 aliphatic rings. The van der Waals surface area contributed by atoms with E-state index in [4.69, 9.17) is 9.47 Å². The van der Waals surface area contributed by atoms with Crippen LogP contribution in [0.3, 0.4) is 0 Å². The highest BCUT2D eigenvalue weighted by Crippen LogP contribution is 2.27. The highest BCUT2D eigenvalue weighted by Gasteiger charge is 2.08. The minimum atomic E-state index is -0.106. The summed E-state index contributed by atoms with van der Waals surface area (Å²) in [4.78, 5) is 28.8. The van der Waals surface area contributed by atoms with Gasteiger partial charge in [0.15, 0.2) is 11.5 Å². The van der Waals surface area contributed by atoms with Gasteiger partial charge in [-0.05, 0) is 36.2 Å². The number of para-hydroxylation sites is 1. The molecule has 3 rings (SSSR count). The number of hydrogen-bond acceptors (Lipinski definition) is 5. The summed E-state index contributed by atoms with van der Waals surface area (Å²) in [5.41, 5.74) is 1.55. The number of nitrogens with one attached hydrogen (secondary N) is 1. The summed E-state index contributed by atoms with van der Waals surface area (Å²) in [6.45, 7) is 0.740. The van der Waals surface area contributed by atoms with E-state index >= 15 is 0 Å². The van der Waals surface area contributed by atoms with Crippen molar-refractivity contribution in [3.8, 4) is 11.5 Å². The van der Waals surface area contributed by atoms with Crippen LogP contribution in [0.2, 0.25) is 0 Å². The number of hydrogen-bond donors (Lipinski definition) is 1. The maximum atomic E-state index is 12.4. The van der Waals surface area contributed by atoms with Crippen LogP contribution in [-0.4, -0.2) is 36.2 Å². The minimum absolute atomic E-state index is 0.0726. The van der Waals surface area contributed by atoms with Gasteiger partial charge < -0.3 is 14.8 Å². The Labute approximate surface area is 162 Å². The Morgan fingerprint density at radius 3 is 2.68 bits per heavy atom. The lowest BCUT2D eigenvalue weighted by atomic mass is 10.1. The van der Waals surface area contributed by atoms with Crippen molar-refractivity contribution >= 4 is 16.8 Å². The van der Waals surface area contributed by atoms with Gasteiger partial charge in [0, 0.05) is 19.5 Å². The third-order valence-electron chi connectivity index (χ3n) is 4.50. The zero-order chi connectivity index (χ0) is 19.9. The standard InChI is InChI=1S/C21H23N3O4/c1-27-18-9-7-15(13-19(18)28-2)8-10-20(25)22-11-12-24-14-23-17-6-4-3-5-16(17)21(24)26/h3-7,9,13-14H,8,10-12H2,1-2H3,(H,22,25). The summed E-state index contributed by atoms with van der Waals surface area (Å²) in [6.07, 6.45) is 2.45. The van der Waals surface area contributed by atoms with Crippen molar-refractivity contribution in [3.63, 3.8) is 0 Å². The second-order valence-corrected chi connectivity index (χ2v) is 6.30. The molecule has 1 amide bonds. The maximum Gasteiger partial charge on any atom is 0.261 e. The van der Waals surface area contributed by atoms with Gasteiger partial charge in [-0.1, -0.05) is 18.2 Å². The van der Waals surface area contributed by atoms with Gasteiger partial charge in [-0.3, -0.25) is 14.2 Å². The summed E-state index contributed by atoms with van der Waals surface area (Å²) in [7, 11) is 3.17. The number of carbonyl (C=O) groups excluding carboxylic acids is 1. The van der Waals surface area contributed by atoms with E-state index in [0.717, 1.165) is 5.56 Å². The van der Waals surface area contributed by atoms with Crippen LogP contribution in [-0.2, 0) is 17.8 Å². The minimum Gasteiger partial charge on any atom is -0.493 e. The van der Waals surface area contributed by atoms with Crippen molar-refractivity contribution < 1.29 is 14.3 Å². The largest absolute Gasteiger partial charge is 0.493 e. The van der Waals surface area contributed by atoms with Gasteiger partial charge in [0.05, 0.1) is 31.4 Å². The number of benzene rings is 2. The monoisotopic (exact) mass is 381 g/mol. The Bertz CT molecular complexity index is 1030. The number of fused-ring (bicyclic) bond motifs is 1. The van der Waals surface area contributed by atoms with Crippen LogP contribution in [0.5, 0.6) is 11.5 Å². The zero-order valence-corrected chi connectivity index (χ0v) is 16.0. The van der Waals surface area contributed by atoms with Gasteiger partial charge in [-0.15, -0.1) is 0 Å². The highest BCUT2D eigenvalue weighted by atomic mass is 16.5. The fraction of sp³-hybridized carbons (Fsp3) is 0.286. The number of amides is 1. The van der Waals surface area contributed by atoms with Crippen molar-refractivity contribution in [1.82, 2.24) is 14.9 Å². The molecule has 2 aromatic carbocycles. The Morgan fingerprint density at radius 2 is 1.89 bits per heavy atom. The lowest BCUT2D eigenvalue weighted by molar-refractivity contribution is -0.121. The van der Waals surface area contributed by atoms with Crippen molar-refractivity contribution in [3.05, 3.63) is 64.7 Å². The smallest absolute Gasteiger partial charge is 0.261 e. The Kier molecular flexibility index (Phi) is 6.26. The SMILES string of the molecule is COc1ccc(CCC(=O)NCCn2cnc3ccccc3c2=O)cc1OC. The first-order chi connectivity index (χ1) is 13.6. The summed E-state index contributed by atoms with van der Waals surface area (Å²) in [6, 6.07) is 12.8. The predicted octanol–water partition coefficient (Wildman–Crippen LogP) is 2.16. The summed E-state index contributed by atoms with van der Waals surface area (Å²) >= 11 is 0. The molecule has 0 aliphatic carbocycles. The quantitative estimate of drug-likeness (QED) is 0.647. The molecular formula is C21H23N3O4. The summed E-state index contributed by atoms with van der Waals surface area (Å²) in [5, 5.41) is 3.42. The average Bonchev–Trinajstić information content (AvgIpc) is 2.73. The zero-order valence-electron chi connectivity index (χ0n) is 16.0. The first kappa shape index (κ1) is 19.4. The molecular weight excluding hydrogens is 358 g/mol. The van der Waals surface area contributed by atoms with Crippen LogP contribution in [0.1, 0.15) is 12.0 Å². The molecule has 0 atom stereocenters. The molecule has 146 valence electrons. The first-order valence-corrected chi connectivity index (χ1v) is 9.04. The van der Waals surface area contributed by atoms with E-state index in [9.17, 15) is 9.59 Å². The molecule has 0 saturated heterocycles. The number of aryl methyl sites for hydroxylation is 1. The van der Waals surface area contributed by atoms with Gasteiger partial charge >= 0.3 is 0 Å². The van der Waals surface area contributed by atoms with E-state index in [1.807, 2.05) is 30.3 Å². The van der Waals surface area contributed by atoms with Gasteiger partial charge in [-0.25, -0.2) is 4.98 Å². The van der Waals surface area contributed by atoms with Crippen LogP contribution >= 0.6 is 0 Å². The normalized spacial score (nSPS) is 10.6. The van der Waals surface area contributed by atoms with Crippen molar-refractivity contribution in [1.29, 1.82) is 0 Å². The van der Waals surface area contributed by atoms with Gasteiger partial charge in [0.2, 0.25) is 5.91 Å². The molecule has 0 saturated carbocycles. The van der Waals surface area contributed by atoms with E-state index in [2.05, 4.69) is 10.3 Å². The van der Waals surface area contributed by atoms with E-state index in [-0.39, 0.29) is 11.5 Å². The van der Waals surface area contributed by atoms with Crippen LogP contribution in [0.15, 0.2) is 53.6 Å². The van der Waals surface area contributed by atoms with E-state index in [0.29, 0.717) is 48.3 Å². The van der Waals surface area contributed by atoms with Gasteiger partial charge in [-0.2, -0.15) is 0 Å². The van der Waals surface area contributed by atoms with E-state index in [1.165, 1.54) is 10.9 Å². The molecule has 1 heterocycles. The third-order valence-corrected chi connectivity index (χ3v) is 4.50. The van der Waals surface area contributed by atoms with Gasteiger partial charge in [0.1, 0.15) is 0 Å². The fourth-order valence-corrected chi connectivity index (χ4v) is 2.96. The first-order valence-electron chi connectivity index (χ1n) is 9.04. The van der Waals surface area contributed by atoms with Gasteiger partial charge in [0.25, 0.3) is 5.56 Å². The number of ether oxygens (including phenoxy) is 2. The van der Waals surface area contributed by atoms with Crippen LogP contribution < -0.4 is 20.3 Å². The van der Waals surface area contributed by atoms with E-state index in [1.54, 1.807) is 26.4 Å². The Hall–Kier alpha value is -3.35. The van der Waals surface area contributed by atoms with Crippen molar-refractivity contribution in [2.45, 2.75) is 19.4 Å². The predicted molar refractivity (Wildman–Crippen MR) is 107 cm³/mol. The molecule has 0 bridgehead atoms. The Morgan fingerprint density at radius 1 is 1.11 bits per heavy atom. The molecule has 7 heteroatoms. The number of methoxy groups -OCH3 is 2. The van der Waals surface area contributed by atoms with Crippen molar-refractivity contribution in [2.24, 2.45) is 0 Å². The molecule has 0 fully saturated rings. The molecule has 0 aliphatic heterocycles. The topological polar surface area (TPSA) is 82.5 Å². The average molecular weight is 381 g/mol. The molecule has 1 aromatic heterocycles. The lowest BCUT2D eigenvalue weighted by Crippen LogP contribution is -2.31. The highest BCUT2D eigenvalue weighted by molar-refractivity contribution is 5.77. The Balaban J connectivity index is 1.51. The second kappa shape index (κ2) is 9.03. The number of nitrogens with zero attached hydrogens (tertiary/aromatic N) is 2. The number of carbonyl (C=O) groups is 1. The van der Waals surface area contributed by atoms with Crippen LogP contribution in [0.25, 0.3) is 10.9 Å². The van der Waals surface area contributed by atoms with Crippen molar-refractivity contribution in [2.75, 3.05) is 20.8 Å². The molecule has 3 aromatic rings. The van der Waals surface area contributed by atoms with E-state index < -0.39 is 0 Å². The molecule has 0 unspecified atom stereocenters. The molecule has 1 N–H and O–H groups in total. The maximum absolute atomic E-state index is 12.4. The van der Waals surface area contributed by atoms with Crippen LogP contribution in [0, 0.1) is 0 Å². The third kappa shape index (κ3) is 4.49. The van der Waals surface area contributed by atoms with Crippen LogP contribution in [0.4, 0.5) is 0 Å². The molecule has 0 radical (unpaired) electrons. The summed E-state index contributed by atoms with van der Waals surface area (Å²) < 4.78 is 12.0. The second-order valence-electron chi connectivity index (χ2n) is 6.30. The summed E-state index contributed by atoms with van der Waals surface area (Å²) in [5.74, 6) is 1.23. The number of rotatable bonds is 8. The molecule has 7 nitrogen and oxygen atoms in total. The number of aromatic nitrogens is 2. The molecule has 0 spiro atoms. The fourth-order valence-electron chi connectivity index (χ4n) is 2.96. The molecule has 28 heavy (non-hydrogen) atoms.